The van der Waals surface area contributed by atoms with Gasteiger partial charge in [-0.05, 0) is 6.42 Å². The van der Waals surface area contributed by atoms with Gasteiger partial charge in [0.25, 0.3) is 14.7 Å². The zero-order chi connectivity index (χ0) is 14.8. The minimum absolute atomic E-state index is 0.0396. The molecule has 0 radical (unpaired) electrons. The molecule has 0 N–H and O–H groups in total. The van der Waals surface area contributed by atoms with E-state index in [0.717, 1.165) is 0 Å². The summed E-state index contributed by atoms with van der Waals surface area (Å²) in [6, 6.07) is 6.40. The second-order valence-corrected chi connectivity index (χ2v) is 6.54. The number of para-hydroxylation sites is 1. The Kier molecular flexibility index (Phi) is 4.05. The maximum Gasteiger partial charge on any atom is 0.280 e. The van der Waals surface area contributed by atoms with Crippen molar-refractivity contribution in [2.75, 3.05) is 0 Å². The zero-order valence-electron chi connectivity index (χ0n) is 10.1. The fourth-order valence-electron chi connectivity index (χ4n) is 1.74. The van der Waals surface area contributed by atoms with Gasteiger partial charge in [0, 0.05) is 35.1 Å². The monoisotopic (exact) mass is 315 g/mol. The number of hydrogen-bond acceptors (Lipinski definition) is 5. The molecule has 20 heavy (non-hydrogen) atoms. The van der Waals surface area contributed by atoms with Crippen molar-refractivity contribution in [1.29, 1.82) is 0 Å². The van der Waals surface area contributed by atoms with Gasteiger partial charge >= 0.3 is 0 Å². The molecule has 2 rings (SSSR count). The first-order valence-corrected chi connectivity index (χ1v) is 7.87. The Labute approximate surface area is 119 Å². The SMILES string of the molecule is O=[N+]([O-])c1ccccc1CCn1cnc(S(=O)(=O)Cl)c1. The first-order chi connectivity index (χ1) is 9.38. The molecule has 0 bridgehead atoms. The molecule has 0 aliphatic heterocycles. The van der Waals surface area contributed by atoms with E-state index >= 15 is 0 Å². The Hall–Kier alpha value is -1.93. The summed E-state index contributed by atoms with van der Waals surface area (Å²) >= 11 is 0. The van der Waals surface area contributed by atoms with Crippen LogP contribution >= 0.6 is 10.7 Å². The van der Waals surface area contributed by atoms with Crippen molar-refractivity contribution in [2.45, 2.75) is 18.0 Å². The van der Waals surface area contributed by atoms with Crippen LogP contribution in [0.5, 0.6) is 0 Å². The van der Waals surface area contributed by atoms with Crippen molar-refractivity contribution in [1.82, 2.24) is 9.55 Å². The van der Waals surface area contributed by atoms with Crippen LogP contribution in [-0.2, 0) is 22.0 Å². The molecule has 2 aromatic rings. The maximum absolute atomic E-state index is 11.1. The number of nitrogens with zero attached hydrogens (tertiary/aromatic N) is 3. The Morgan fingerprint density at radius 2 is 2.05 bits per heavy atom. The minimum atomic E-state index is -3.85. The summed E-state index contributed by atoms with van der Waals surface area (Å²) in [5.74, 6) is 0. The van der Waals surface area contributed by atoms with Crippen LogP contribution in [0.25, 0.3) is 0 Å². The molecular weight excluding hydrogens is 306 g/mol. The molecule has 7 nitrogen and oxygen atoms in total. The molecule has 0 aliphatic rings. The van der Waals surface area contributed by atoms with E-state index in [-0.39, 0.29) is 10.7 Å². The van der Waals surface area contributed by atoms with Crippen LogP contribution in [0.2, 0.25) is 0 Å². The summed E-state index contributed by atoms with van der Waals surface area (Å²) in [7, 11) is 1.31. The average molecular weight is 316 g/mol. The van der Waals surface area contributed by atoms with Crippen LogP contribution in [0.4, 0.5) is 5.69 Å². The largest absolute Gasteiger partial charge is 0.336 e. The van der Waals surface area contributed by atoms with E-state index in [1.807, 2.05) is 0 Å². The highest BCUT2D eigenvalue weighted by atomic mass is 35.7. The van der Waals surface area contributed by atoms with E-state index in [0.29, 0.717) is 18.5 Å². The Morgan fingerprint density at radius 1 is 1.35 bits per heavy atom. The number of aromatic nitrogens is 2. The Morgan fingerprint density at radius 3 is 2.65 bits per heavy atom. The van der Waals surface area contributed by atoms with Crippen molar-refractivity contribution in [3.8, 4) is 0 Å². The lowest BCUT2D eigenvalue weighted by molar-refractivity contribution is -0.385. The number of nitro benzene ring substituents is 1. The van der Waals surface area contributed by atoms with E-state index in [1.54, 1.807) is 18.2 Å². The van der Waals surface area contributed by atoms with E-state index < -0.39 is 14.0 Å². The molecule has 9 heteroatoms. The van der Waals surface area contributed by atoms with E-state index in [4.69, 9.17) is 10.7 Å². The second-order valence-electron chi connectivity index (χ2n) is 4.02. The van der Waals surface area contributed by atoms with Gasteiger partial charge in [-0.1, -0.05) is 18.2 Å². The molecule has 1 aromatic heterocycles. The standard InChI is InChI=1S/C11H10ClN3O4S/c12-20(18,19)11-7-14(8-13-11)6-5-9-3-1-2-4-10(9)15(16)17/h1-4,7-8H,5-6H2. The molecular formula is C11H10ClN3O4S. The van der Waals surface area contributed by atoms with Crippen LogP contribution < -0.4 is 0 Å². The van der Waals surface area contributed by atoms with Crippen LogP contribution in [0, 0.1) is 10.1 Å². The lowest BCUT2D eigenvalue weighted by atomic mass is 10.1. The lowest BCUT2D eigenvalue weighted by Crippen LogP contribution is -2.02. The van der Waals surface area contributed by atoms with Crippen LogP contribution in [0.1, 0.15) is 5.56 Å². The maximum atomic E-state index is 11.1. The van der Waals surface area contributed by atoms with Crippen molar-refractivity contribution in [3.05, 3.63) is 52.5 Å². The number of halogens is 1. The molecule has 0 spiro atoms. The number of imidazole rings is 1. The summed E-state index contributed by atoms with van der Waals surface area (Å²) in [6.07, 6.45) is 3.00. The third-order valence-corrected chi connectivity index (χ3v) is 3.87. The highest BCUT2D eigenvalue weighted by Crippen LogP contribution is 2.19. The van der Waals surface area contributed by atoms with Gasteiger partial charge in [-0.2, -0.15) is 0 Å². The molecule has 1 aromatic carbocycles. The topological polar surface area (TPSA) is 95.1 Å². The van der Waals surface area contributed by atoms with E-state index in [9.17, 15) is 18.5 Å². The van der Waals surface area contributed by atoms with E-state index in [1.165, 1.54) is 23.2 Å². The molecule has 0 atom stereocenters. The molecule has 0 aliphatic carbocycles. The van der Waals surface area contributed by atoms with Gasteiger partial charge in [0.1, 0.15) is 0 Å². The quantitative estimate of drug-likeness (QED) is 0.477. The summed E-state index contributed by atoms with van der Waals surface area (Å²) in [6.45, 7) is 0.365. The smallest absolute Gasteiger partial charge is 0.280 e. The number of aryl methyl sites for hydroxylation is 2. The molecule has 0 saturated heterocycles. The molecule has 0 saturated carbocycles. The summed E-state index contributed by atoms with van der Waals surface area (Å²) in [5.41, 5.74) is 0.610. The second kappa shape index (κ2) is 5.59. The molecule has 106 valence electrons. The fourth-order valence-corrected chi connectivity index (χ4v) is 2.41. The molecule has 0 fully saturated rings. The minimum Gasteiger partial charge on any atom is -0.336 e. The summed E-state index contributed by atoms with van der Waals surface area (Å²) < 4.78 is 23.6. The number of hydrogen-bond donors (Lipinski definition) is 0. The van der Waals surface area contributed by atoms with Crippen LogP contribution in [0.15, 0.2) is 41.8 Å². The molecule has 0 amide bonds. The van der Waals surface area contributed by atoms with Gasteiger partial charge in [0.2, 0.25) is 0 Å². The third kappa shape index (κ3) is 3.34. The van der Waals surface area contributed by atoms with Gasteiger partial charge in [0.05, 0.1) is 11.3 Å². The Balaban J connectivity index is 2.14. The first-order valence-electron chi connectivity index (χ1n) is 5.56. The molecule has 0 unspecified atom stereocenters. The van der Waals surface area contributed by atoms with Gasteiger partial charge in [-0.3, -0.25) is 10.1 Å². The van der Waals surface area contributed by atoms with Crippen LogP contribution in [-0.4, -0.2) is 22.9 Å². The van der Waals surface area contributed by atoms with Gasteiger partial charge < -0.3 is 4.57 Å². The number of benzene rings is 1. The highest BCUT2D eigenvalue weighted by Gasteiger charge is 2.15. The normalized spacial score (nSPS) is 11.4. The average Bonchev–Trinajstić information content (AvgIpc) is 2.85. The summed E-state index contributed by atoms with van der Waals surface area (Å²) in [5, 5.41) is 10.6. The van der Waals surface area contributed by atoms with Gasteiger partial charge in [-0.15, -0.1) is 0 Å². The van der Waals surface area contributed by atoms with E-state index in [2.05, 4.69) is 4.98 Å². The van der Waals surface area contributed by atoms with Crippen molar-refractivity contribution in [2.24, 2.45) is 0 Å². The van der Waals surface area contributed by atoms with Crippen molar-refractivity contribution < 1.29 is 13.3 Å². The Bertz CT molecular complexity index is 742. The predicted molar refractivity (Wildman–Crippen MR) is 72.1 cm³/mol. The zero-order valence-corrected chi connectivity index (χ0v) is 11.7. The third-order valence-electron chi connectivity index (χ3n) is 2.69. The van der Waals surface area contributed by atoms with Gasteiger partial charge in [0.15, 0.2) is 5.03 Å². The predicted octanol–water partition coefficient (Wildman–Crippen LogP) is 1.96. The summed E-state index contributed by atoms with van der Waals surface area (Å²) in [4.78, 5) is 14.1. The number of nitro groups is 1. The highest BCUT2D eigenvalue weighted by molar-refractivity contribution is 8.13. The van der Waals surface area contributed by atoms with Crippen molar-refractivity contribution in [3.63, 3.8) is 0 Å². The lowest BCUT2D eigenvalue weighted by Gasteiger charge is -2.03. The fraction of sp³-hybridized carbons (Fsp3) is 0.182. The van der Waals surface area contributed by atoms with Crippen molar-refractivity contribution >= 4 is 25.4 Å². The molecule has 1 heterocycles. The van der Waals surface area contributed by atoms with Crippen LogP contribution in [0.3, 0.4) is 0 Å². The van der Waals surface area contributed by atoms with Gasteiger partial charge in [-0.25, -0.2) is 13.4 Å². The number of rotatable bonds is 5. The first kappa shape index (κ1) is 14.5.